The van der Waals surface area contributed by atoms with Crippen molar-refractivity contribution in [1.82, 2.24) is 5.32 Å². The molecule has 0 saturated carbocycles. The van der Waals surface area contributed by atoms with E-state index in [1.54, 1.807) is 0 Å². The molecule has 4 nitrogen and oxygen atoms in total. The van der Waals surface area contributed by atoms with E-state index in [4.69, 9.17) is 9.47 Å². The van der Waals surface area contributed by atoms with Crippen LogP contribution < -0.4 is 5.32 Å². The Morgan fingerprint density at radius 1 is 1.55 bits per heavy atom. The molecular formula is C15H29NO3S. The van der Waals surface area contributed by atoms with Gasteiger partial charge in [-0.05, 0) is 40.2 Å². The summed E-state index contributed by atoms with van der Waals surface area (Å²) < 4.78 is 10.8. The first-order valence-electron chi connectivity index (χ1n) is 7.62. The molecular weight excluding hydrogens is 274 g/mol. The summed E-state index contributed by atoms with van der Waals surface area (Å²) in [6, 6.07) is 0. The number of hydrogen-bond donors (Lipinski definition) is 1. The summed E-state index contributed by atoms with van der Waals surface area (Å²) >= 11 is 1.93. The van der Waals surface area contributed by atoms with Crippen LogP contribution in [0.1, 0.15) is 47.5 Å². The summed E-state index contributed by atoms with van der Waals surface area (Å²) in [4.78, 5) is 12.2. The first-order valence-corrected chi connectivity index (χ1v) is 8.56. The second-order valence-electron chi connectivity index (χ2n) is 5.64. The Bertz CT molecular complexity index is 313. The van der Waals surface area contributed by atoms with Crippen LogP contribution in [0.2, 0.25) is 0 Å². The molecule has 1 aliphatic heterocycles. The number of nitrogens with one attached hydrogen (secondary N) is 1. The molecule has 1 rings (SSSR count). The normalized spacial score (nSPS) is 27.1. The Morgan fingerprint density at radius 3 is 2.75 bits per heavy atom. The van der Waals surface area contributed by atoms with Crippen LogP contribution in [0.4, 0.5) is 0 Å². The van der Waals surface area contributed by atoms with E-state index in [1.807, 2.05) is 32.5 Å². The first kappa shape index (κ1) is 17.8. The third kappa shape index (κ3) is 4.93. The predicted octanol–water partition coefficient (Wildman–Crippen LogP) is 2.61. The predicted molar refractivity (Wildman–Crippen MR) is 84.2 cm³/mol. The number of rotatable bonds is 8. The van der Waals surface area contributed by atoms with E-state index < -0.39 is 5.54 Å². The summed E-state index contributed by atoms with van der Waals surface area (Å²) in [5.41, 5.74) is -0.597. The van der Waals surface area contributed by atoms with E-state index in [0.29, 0.717) is 23.2 Å². The topological polar surface area (TPSA) is 47.6 Å². The van der Waals surface area contributed by atoms with Crippen LogP contribution in [-0.2, 0) is 14.3 Å². The van der Waals surface area contributed by atoms with Gasteiger partial charge in [-0.1, -0.05) is 13.8 Å². The minimum absolute atomic E-state index is 0.148. The molecule has 1 heterocycles. The Labute approximate surface area is 127 Å². The van der Waals surface area contributed by atoms with Gasteiger partial charge in [0.15, 0.2) is 0 Å². The molecule has 4 unspecified atom stereocenters. The largest absolute Gasteiger partial charge is 0.465 e. The summed E-state index contributed by atoms with van der Waals surface area (Å²) in [6.45, 7) is 12.2. The number of thioether (sulfide) groups is 1. The highest BCUT2D eigenvalue weighted by atomic mass is 32.2. The van der Waals surface area contributed by atoms with Crippen molar-refractivity contribution in [3.05, 3.63) is 0 Å². The minimum atomic E-state index is -0.597. The van der Waals surface area contributed by atoms with Crippen LogP contribution in [0.5, 0.6) is 0 Å². The summed E-state index contributed by atoms with van der Waals surface area (Å²) in [5.74, 6) is -0.148. The fraction of sp³-hybridized carbons (Fsp3) is 0.933. The number of carbonyl (C=O) groups excluding carboxylic acids is 1. The van der Waals surface area contributed by atoms with Crippen molar-refractivity contribution in [2.75, 3.05) is 19.8 Å². The Morgan fingerprint density at radius 2 is 2.25 bits per heavy atom. The zero-order chi connectivity index (χ0) is 15.2. The van der Waals surface area contributed by atoms with Gasteiger partial charge in [-0.2, -0.15) is 11.8 Å². The molecule has 0 aliphatic carbocycles. The van der Waals surface area contributed by atoms with E-state index in [-0.39, 0.29) is 5.97 Å². The smallest absolute Gasteiger partial charge is 0.326 e. The van der Waals surface area contributed by atoms with Gasteiger partial charge in [0.05, 0.1) is 12.7 Å². The standard InChI is InChI=1S/C15H29NO3S/c1-6-16-15(5,14(17)18-7-2)10-11(3)20-13-8-9-19-12(13)4/h11-13,16H,6-10H2,1-5H3. The molecule has 0 aromatic carbocycles. The van der Waals surface area contributed by atoms with Gasteiger partial charge in [-0.15, -0.1) is 0 Å². The highest BCUT2D eigenvalue weighted by Crippen LogP contribution is 2.33. The number of esters is 1. The maximum absolute atomic E-state index is 12.2. The van der Waals surface area contributed by atoms with Gasteiger partial charge in [0, 0.05) is 17.1 Å². The lowest BCUT2D eigenvalue weighted by atomic mass is 9.96. The second-order valence-corrected chi connectivity index (χ2v) is 7.32. The lowest BCUT2D eigenvalue weighted by molar-refractivity contribution is -0.150. The van der Waals surface area contributed by atoms with Crippen molar-refractivity contribution in [3.63, 3.8) is 0 Å². The second kappa shape index (κ2) is 8.25. The SMILES string of the molecule is CCNC(C)(CC(C)SC1CCOC1C)C(=O)OCC. The molecule has 1 fully saturated rings. The quantitative estimate of drug-likeness (QED) is 0.699. The van der Waals surface area contributed by atoms with Gasteiger partial charge in [-0.25, -0.2) is 0 Å². The van der Waals surface area contributed by atoms with Crippen molar-refractivity contribution >= 4 is 17.7 Å². The van der Waals surface area contributed by atoms with Crippen LogP contribution in [0.25, 0.3) is 0 Å². The van der Waals surface area contributed by atoms with Crippen LogP contribution in [0.3, 0.4) is 0 Å². The monoisotopic (exact) mass is 303 g/mol. The van der Waals surface area contributed by atoms with E-state index in [0.717, 1.165) is 26.0 Å². The zero-order valence-corrected chi connectivity index (χ0v) is 14.2. The molecule has 0 radical (unpaired) electrons. The zero-order valence-electron chi connectivity index (χ0n) is 13.4. The highest BCUT2D eigenvalue weighted by Gasteiger charge is 2.37. The molecule has 1 N–H and O–H groups in total. The van der Waals surface area contributed by atoms with Gasteiger partial charge >= 0.3 is 5.97 Å². The molecule has 0 amide bonds. The average molecular weight is 303 g/mol. The molecule has 118 valence electrons. The van der Waals surface area contributed by atoms with Gasteiger partial charge in [0.1, 0.15) is 5.54 Å². The minimum Gasteiger partial charge on any atom is -0.465 e. The number of hydrogen-bond acceptors (Lipinski definition) is 5. The van der Waals surface area contributed by atoms with Gasteiger partial charge in [0.25, 0.3) is 0 Å². The number of ether oxygens (including phenoxy) is 2. The van der Waals surface area contributed by atoms with Crippen molar-refractivity contribution in [1.29, 1.82) is 0 Å². The van der Waals surface area contributed by atoms with Crippen LogP contribution in [0, 0.1) is 0 Å². The van der Waals surface area contributed by atoms with E-state index in [1.165, 1.54) is 0 Å². The van der Waals surface area contributed by atoms with Crippen molar-refractivity contribution in [2.45, 2.75) is 69.6 Å². The Kier molecular flexibility index (Phi) is 7.34. The molecule has 1 saturated heterocycles. The van der Waals surface area contributed by atoms with Crippen LogP contribution in [0.15, 0.2) is 0 Å². The lowest BCUT2D eigenvalue weighted by Crippen LogP contribution is -2.52. The molecule has 0 aromatic rings. The first-order chi connectivity index (χ1) is 9.42. The van der Waals surface area contributed by atoms with Crippen LogP contribution in [-0.4, -0.2) is 47.9 Å². The lowest BCUT2D eigenvalue weighted by Gasteiger charge is -2.31. The number of likely N-dealkylation sites (N-methyl/N-ethyl adjacent to an activating group) is 1. The molecule has 5 heteroatoms. The van der Waals surface area contributed by atoms with Crippen molar-refractivity contribution in [3.8, 4) is 0 Å². The van der Waals surface area contributed by atoms with E-state index in [9.17, 15) is 4.79 Å². The fourth-order valence-electron chi connectivity index (χ4n) is 2.72. The molecule has 1 aliphatic rings. The summed E-state index contributed by atoms with van der Waals surface area (Å²) in [5, 5.41) is 4.22. The maximum atomic E-state index is 12.2. The molecule has 20 heavy (non-hydrogen) atoms. The van der Waals surface area contributed by atoms with Crippen LogP contribution >= 0.6 is 11.8 Å². The third-order valence-electron chi connectivity index (χ3n) is 3.70. The van der Waals surface area contributed by atoms with Gasteiger partial charge < -0.3 is 14.8 Å². The number of carbonyl (C=O) groups is 1. The van der Waals surface area contributed by atoms with E-state index in [2.05, 4.69) is 19.2 Å². The van der Waals surface area contributed by atoms with Crippen molar-refractivity contribution in [2.24, 2.45) is 0 Å². The van der Waals surface area contributed by atoms with Gasteiger partial charge in [0.2, 0.25) is 0 Å². The third-order valence-corrected chi connectivity index (χ3v) is 5.30. The summed E-state index contributed by atoms with van der Waals surface area (Å²) in [7, 11) is 0. The molecule has 4 atom stereocenters. The fourth-order valence-corrected chi connectivity index (χ4v) is 4.28. The maximum Gasteiger partial charge on any atom is 0.326 e. The molecule has 0 spiro atoms. The Balaban J connectivity index is 2.57. The average Bonchev–Trinajstić information content (AvgIpc) is 2.75. The summed E-state index contributed by atoms with van der Waals surface area (Å²) in [6.07, 6.45) is 2.19. The van der Waals surface area contributed by atoms with E-state index >= 15 is 0 Å². The highest BCUT2D eigenvalue weighted by molar-refractivity contribution is 8.00. The Hall–Kier alpha value is -0.260. The van der Waals surface area contributed by atoms with Crippen molar-refractivity contribution < 1.29 is 14.3 Å². The molecule has 0 aromatic heterocycles. The van der Waals surface area contributed by atoms with Gasteiger partial charge in [-0.3, -0.25) is 4.79 Å². The molecule has 0 bridgehead atoms.